The van der Waals surface area contributed by atoms with Crippen LogP contribution in [0.4, 0.5) is 11.4 Å². The molecule has 0 aliphatic heterocycles. The molecule has 0 saturated heterocycles. The van der Waals surface area contributed by atoms with Gasteiger partial charge in [-0.05, 0) is 29.8 Å². The van der Waals surface area contributed by atoms with E-state index in [1.165, 1.54) is 6.92 Å². The number of hydrogen-bond donors (Lipinski definition) is 2. The number of fused-ring (bicyclic) bond motifs is 1. The molecule has 2 N–H and O–H groups in total. The van der Waals surface area contributed by atoms with Crippen molar-refractivity contribution in [3.63, 3.8) is 0 Å². The van der Waals surface area contributed by atoms with Crippen molar-refractivity contribution in [2.45, 2.75) is 13.5 Å². The lowest BCUT2D eigenvalue weighted by Crippen LogP contribution is -2.08. The van der Waals surface area contributed by atoms with Crippen LogP contribution in [-0.4, -0.2) is 18.0 Å². The fourth-order valence-corrected chi connectivity index (χ4v) is 2.73. The zero-order valence-corrected chi connectivity index (χ0v) is 14.5. The summed E-state index contributed by atoms with van der Waals surface area (Å²) in [7, 11) is 1.56. The van der Waals surface area contributed by atoms with E-state index < -0.39 is 0 Å². The lowest BCUT2D eigenvalue weighted by atomic mass is 10.1. The van der Waals surface area contributed by atoms with Crippen LogP contribution >= 0.6 is 0 Å². The Hall–Kier alpha value is -3.59. The zero-order chi connectivity index (χ0) is 18.5. The van der Waals surface area contributed by atoms with Crippen molar-refractivity contribution < 1.29 is 9.53 Å². The highest BCUT2D eigenvalue weighted by molar-refractivity contribution is 5.92. The van der Waals surface area contributed by atoms with Gasteiger partial charge in [-0.1, -0.05) is 24.3 Å². The number of anilines is 2. The van der Waals surface area contributed by atoms with Gasteiger partial charge in [-0.2, -0.15) is 5.26 Å². The maximum Gasteiger partial charge on any atom is 0.221 e. The first-order valence-corrected chi connectivity index (χ1v) is 8.09. The van der Waals surface area contributed by atoms with Gasteiger partial charge in [0.15, 0.2) is 0 Å². The third-order valence-corrected chi connectivity index (χ3v) is 3.89. The van der Waals surface area contributed by atoms with Gasteiger partial charge in [0.2, 0.25) is 5.91 Å². The van der Waals surface area contributed by atoms with Crippen LogP contribution in [0.25, 0.3) is 10.9 Å². The second-order valence-electron chi connectivity index (χ2n) is 5.75. The first kappa shape index (κ1) is 17.2. The van der Waals surface area contributed by atoms with Crippen LogP contribution in [0.5, 0.6) is 5.75 Å². The van der Waals surface area contributed by atoms with E-state index in [0.717, 1.165) is 22.2 Å². The van der Waals surface area contributed by atoms with Gasteiger partial charge in [-0.15, -0.1) is 0 Å². The van der Waals surface area contributed by atoms with Crippen LogP contribution in [0.3, 0.4) is 0 Å². The summed E-state index contributed by atoms with van der Waals surface area (Å²) in [6, 6.07) is 17.1. The fraction of sp³-hybridized carbons (Fsp3) is 0.150. The number of rotatable bonds is 5. The Bertz CT molecular complexity index is 1010. The molecule has 1 aromatic heterocycles. The fourth-order valence-electron chi connectivity index (χ4n) is 2.73. The number of hydrogen-bond acceptors (Lipinski definition) is 5. The summed E-state index contributed by atoms with van der Waals surface area (Å²) in [5.41, 5.74) is 3.55. The standard InChI is InChI=1S/C20H18N4O2/c1-13(25)23-19-9-14(7-8-20(19)26-2)12-22-18-10-15(11-21)24-17-6-4-3-5-16(17)18/h3-10H,12H2,1-2H3,(H,22,24)(H,23,25). The summed E-state index contributed by atoms with van der Waals surface area (Å²) in [4.78, 5) is 15.7. The molecular weight excluding hydrogens is 328 g/mol. The summed E-state index contributed by atoms with van der Waals surface area (Å²) in [6.45, 7) is 1.98. The Morgan fingerprint density at radius 3 is 2.73 bits per heavy atom. The van der Waals surface area contributed by atoms with Crippen LogP contribution in [0.1, 0.15) is 18.2 Å². The Kier molecular flexibility index (Phi) is 4.99. The van der Waals surface area contributed by atoms with E-state index in [4.69, 9.17) is 4.74 Å². The average Bonchev–Trinajstić information content (AvgIpc) is 2.65. The number of benzene rings is 2. The largest absolute Gasteiger partial charge is 0.495 e. The molecule has 0 radical (unpaired) electrons. The summed E-state index contributed by atoms with van der Waals surface area (Å²) in [5.74, 6) is 0.442. The third kappa shape index (κ3) is 3.73. The molecular formula is C20H18N4O2. The predicted molar refractivity (Wildman–Crippen MR) is 101 cm³/mol. The summed E-state index contributed by atoms with van der Waals surface area (Å²) >= 11 is 0. The van der Waals surface area contributed by atoms with Gasteiger partial charge in [0.1, 0.15) is 17.5 Å². The van der Waals surface area contributed by atoms with Gasteiger partial charge < -0.3 is 15.4 Å². The number of ether oxygens (including phenoxy) is 1. The van der Waals surface area contributed by atoms with E-state index in [1.54, 1.807) is 13.2 Å². The molecule has 0 aliphatic carbocycles. The van der Waals surface area contributed by atoms with Crippen molar-refractivity contribution in [1.82, 2.24) is 4.98 Å². The van der Waals surface area contributed by atoms with Crippen molar-refractivity contribution in [1.29, 1.82) is 5.26 Å². The van der Waals surface area contributed by atoms with Gasteiger partial charge in [-0.25, -0.2) is 4.98 Å². The summed E-state index contributed by atoms with van der Waals surface area (Å²) < 4.78 is 5.27. The molecule has 0 saturated carbocycles. The van der Waals surface area contributed by atoms with Gasteiger partial charge in [0.05, 0.1) is 18.3 Å². The number of nitriles is 1. The monoisotopic (exact) mass is 346 g/mol. The van der Waals surface area contributed by atoms with Crippen molar-refractivity contribution in [2.24, 2.45) is 0 Å². The van der Waals surface area contributed by atoms with Crippen LogP contribution in [0.2, 0.25) is 0 Å². The molecule has 0 aliphatic rings. The highest BCUT2D eigenvalue weighted by atomic mass is 16.5. The average molecular weight is 346 g/mol. The highest BCUT2D eigenvalue weighted by Gasteiger charge is 2.08. The minimum Gasteiger partial charge on any atom is -0.495 e. The molecule has 0 fully saturated rings. The number of pyridine rings is 1. The Balaban J connectivity index is 1.88. The first-order valence-electron chi connectivity index (χ1n) is 8.09. The summed E-state index contributed by atoms with van der Waals surface area (Å²) in [6.07, 6.45) is 0. The van der Waals surface area contributed by atoms with Crippen LogP contribution in [-0.2, 0) is 11.3 Å². The number of carbonyl (C=O) groups excluding carboxylic acids is 1. The molecule has 6 heteroatoms. The second kappa shape index (κ2) is 7.53. The lowest BCUT2D eigenvalue weighted by molar-refractivity contribution is -0.114. The Morgan fingerprint density at radius 1 is 1.19 bits per heavy atom. The number of nitrogens with zero attached hydrogens (tertiary/aromatic N) is 2. The van der Waals surface area contributed by atoms with E-state index in [0.29, 0.717) is 23.7 Å². The maximum atomic E-state index is 11.4. The molecule has 6 nitrogen and oxygen atoms in total. The van der Waals surface area contributed by atoms with Crippen molar-refractivity contribution in [2.75, 3.05) is 17.7 Å². The SMILES string of the molecule is COc1ccc(CNc2cc(C#N)nc3ccccc23)cc1NC(C)=O. The van der Waals surface area contributed by atoms with Gasteiger partial charge in [0, 0.05) is 24.5 Å². The number of nitrogens with one attached hydrogen (secondary N) is 2. The molecule has 130 valence electrons. The van der Waals surface area contributed by atoms with Crippen molar-refractivity contribution in [3.8, 4) is 11.8 Å². The Morgan fingerprint density at radius 2 is 2.00 bits per heavy atom. The van der Waals surface area contributed by atoms with Gasteiger partial charge in [0.25, 0.3) is 0 Å². The molecule has 1 heterocycles. The molecule has 0 bridgehead atoms. The number of amides is 1. The smallest absolute Gasteiger partial charge is 0.221 e. The van der Waals surface area contributed by atoms with Crippen molar-refractivity contribution >= 4 is 28.2 Å². The maximum absolute atomic E-state index is 11.4. The molecule has 3 aromatic rings. The van der Waals surface area contributed by atoms with E-state index in [-0.39, 0.29) is 5.91 Å². The van der Waals surface area contributed by atoms with E-state index >= 15 is 0 Å². The number of aromatic nitrogens is 1. The molecule has 1 amide bonds. The molecule has 2 aromatic carbocycles. The van der Waals surface area contributed by atoms with Crippen LogP contribution < -0.4 is 15.4 Å². The van der Waals surface area contributed by atoms with E-state index in [9.17, 15) is 10.1 Å². The molecule has 3 rings (SSSR count). The normalized spacial score (nSPS) is 10.2. The summed E-state index contributed by atoms with van der Waals surface area (Å²) in [5, 5.41) is 16.3. The molecule has 0 spiro atoms. The number of methoxy groups -OCH3 is 1. The predicted octanol–water partition coefficient (Wildman–Crippen LogP) is 3.69. The topological polar surface area (TPSA) is 87.0 Å². The molecule has 0 unspecified atom stereocenters. The second-order valence-corrected chi connectivity index (χ2v) is 5.75. The highest BCUT2D eigenvalue weighted by Crippen LogP contribution is 2.27. The third-order valence-electron chi connectivity index (χ3n) is 3.89. The quantitative estimate of drug-likeness (QED) is 0.736. The van der Waals surface area contributed by atoms with Gasteiger partial charge >= 0.3 is 0 Å². The number of carbonyl (C=O) groups is 1. The Labute approximate surface area is 151 Å². The van der Waals surface area contributed by atoms with Crippen LogP contribution in [0.15, 0.2) is 48.5 Å². The van der Waals surface area contributed by atoms with Crippen LogP contribution in [0, 0.1) is 11.3 Å². The minimum absolute atomic E-state index is 0.160. The minimum atomic E-state index is -0.160. The van der Waals surface area contributed by atoms with E-state index in [2.05, 4.69) is 21.7 Å². The zero-order valence-electron chi connectivity index (χ0n) is 14.5. The number of para-hydroxylation sites is 1. The lowest BCUT2D eigenvalue weighted by Gasteiger charge is -2.13. The van der Waals surface area contributed by atoms with Gasteiger partial charge in [-0.3, -0.25) is 4.79 Å². The van der Waals surface area contributed by atoms with E-state index in [1.807, 2.05) is 42.5 Å². The molecule has 26 heavy (non-hydrogen) atoms. The van der Waals surface area contributed by atoms with Crippen molar-refractivity contribution in [3.05, 3.63) is 59.8 Å². The first-order chi connectivity index (χ1) is 12.6. The molecule has 0 atom stereocenters.